The maximum absolute atomic E-state index is 12.2. The van der Waals surface area contributed by atoms with E-state index in [2.05, 4.69) is 0 Å². The van der Waals surface area contributed by atoms with Crippen molar-refractivity contribution in [2.24, 2.45) is 0 Å². The van der Waals surface area contributed by atoms with Crippen LogP contribution >= 0.6 is 0 Å². The number of rotatable bonds is 5. The van der Waals surface area contributed by atoms with Crippen LogP contribution in [-0.2, 0) is 19.7 Å². The predicted octanol–water partition coefficient (Wildman–Crippen LogP) is 2.30. The molecule has 1 saturated heterocycles. The van der Waals surface area contributed by atoms with Gasteiger partial charge in [0, 0.05) is 0 Å². The van der Waals surface area contributed by atoms with E-state index in [0.717, 1.165) is 18.6 Å². The van der Waals surface area contributed by atoms with Crippen LogP contribution in [0.5, 0.6) is 0 Å². The Morgan fingerprint density at radius 2 is 2.12 bits per heavy atom. The van der Waals surface area contributed by atoms with E-state index < -0.39 is 5.41 Å². The lowest BCUT2D eigenvalue weighted by molar-refractivity contribution is -0.148. The maximum atomic E-state index is 12.2. The van der Waals surface area contributed by atoms with Gasteiger partial charge in [0.05, 0.1) is 25.2 Å². The van der Waals surface area contributed by atoms with E-state index in [9.17, 15) is 4.79 Å². The second-order valence-electron chi connectivity index (χ2n) is 4.45. The number of methoxy groups -OCH3 is 1. The molecule has 3 heteroatoms. The van der Waals surface area contributed by atoms with Crippen molar-refractivity contribution in [1.82, 2.24) is 0 Å². The summed E-state index contributed by atoms with van der Waals surface area (Å²) in [7, 11) is 1.45. The average molecular weight is 234 g/mol. The van der Waals surface area contributed by atoms with E-state index in [1.54, 1.807) is 0 Å². The van der Waals surface area contributed by atoms with E-state index in [1.165, 1.54) is 7.11 Å². The predicted molar refractivity (Wildman–Crippen MR) is 64.8 cm³/mol. The van der Waals surface area contributed by atoms with Crippen molar-refractivity contribution >= 4 is 5.97 Å². The van der Waals surface area contributed by atoms with Gasteiger partial charge in [-0.05, 0) is 18.4 Å². The summed E-state index contributed by atoms with van der Waals surface area (Å²) in [5.41, 5.74) is 0.460. The van der Waals surface area contributed by atoms with Crippen molar-refractivity contribution in [2.45, 2.75) is 31.3 Å². The number of carbonyl (C=O) groups is 1. The lowest BCUT2D eigenvalue weighted by atomic mass is 9.74. The lowest BCUT2D eigenvalue weighted by Crippen LogP contribution is -2.37. The van der Waals surface area contributed by atoms with Gasteiger partial charge in [-0.15, -0.1) is 0 Å². The van der Waals surface area contributed by atoms with Crippen molar-refractivity contribution in [3.63, 3.8) is 0 Å². The van der Waals surface area contributed by atoms with Gasteiger partial charge in [0.25, 0.3) is 0 Å². The molecule has 1 aromatic carbocycles. The smallest absolute Gasteiger partial charge is 0.316 e. The largest absolute Gasteiger partial charge is 0.468 e. The minimum absolute atomic E-state index is 0.165. The molecule has 0 spiro atoms. The van der Waals surface area contributed by atoms with Crippen LogP contribution in [0.25, 0.3) is 0 Å². The Hall–Kier alpha value is -1.35. The highest BCUT2D eigenvalue weighted by Gasteiger charge is 2.44. The molecule has 0 saturated carbocycles. The fraction of sp³-hybridized carbons (Fsp3) is 0.500. The summed E-state index contributed by atoms with van der Waals surface area (Å²) in [5, 5.41) is 0. The highest BCUT2D eigenvalue weighted by molar-refractivity contribution is 5.83. The second kappa shape index (κ2) is 4.88. The highest BCUT2D eigenvalue weighted by Crippen LogP contribution is 2.37. The molecule has 0 N–H and O–H groups in total. The Labute approximate surface area is 102 Å². The van der Waals surface area contributed by atoms with Gasteiger partial charge < -0.3 is 9.47 Å². The number of hydrogen-bond donors (Lipinski definition) is 0. The van der Waals surface area contributed by atoms with Crippen molar-refractivity contribution < 1.29 is 14.3 Å². The van der Waals surface area contributed by atoms with Crippen LogP contribution in [0, 0.1) is 0 Å². The highest BCUT2D eigenvalue weighted by atomic mass is 16.6. The van der Waals surface area contributed by atoms with E-state index in [4.69, 9.17) is 9.47 Å². The zero-order valence-corrected chi connectivity index (χ0v) is 10.3. The Morgan fingerprint density at radius 1 is 1.47 bits per heavy atom. The fourth-order valence-corrected chi connectivity index (χ4v) is 2.34. The monoisotopic (exact) mass is 234 g/mol. The van der Waals surface area contributed by atoms with Crippen molar-refractivity contribution in [3.8, 4) is 0 Å². The summed E-state index contributed by atoms with van der Waals surface area (Å²) >= 11 is 0. The number of carbonyl (C=O) groups excluding carboxylic acids is 1. The van der Waals surface area contributed by atoms with Crippen molar-refractivity contribution in [1.29, 1.82) is 0 Å². The molecule has 0 radical (unpaired) electrons. The van der Waals surface area contributed by atoms with Crippen LogP contribution in [-0.4, -0.2) is 25.8 Å². The molecule has 92 valence electrons. The van der Waals surface area contributed by atoms with E-state index in [0.29, 0.717) is 6.42 Å². The summed E-state index contributed by atoms with van der Waals surface area (Å²) in [5.74, 6) is -0.165. The average Bonchev–Trinajstić information content (AvgIpc) is 3.20. The summed E-state index contributed by atoms with van der Waals surface area (Å²) in [4.78, 5) is 12.2. The van der Waals surface area contributed by atoms with Gasteiger partial charge in [0.2, 0.25) is 0 Å². The minimum Gasteiger partial charge on any atom is -0.468 e. The lowest BCUT2D eigenvalue weighted by Gasteiger charge is -2.29. The normalized spacial score (nSPS) is 21.6. The van der Waals surface area contributed by atoms with E-state index >= 15 is 0 Å². The molecule has 0 aliphatic carbocycles. The first-order chi connectivity index (χ1) is 8.23. The van der Waals surface area contributed by atoms with E-state index in [1.807, 2.05) is 37.3 Å². The van der Waals surface area contributed by atoms with Gasteiger partial charge in [-0.1, -0.05) is 37.3 Å². The van der Waals surface area contributed by atoms with Crippen molar-refractivity contribution in [3.05, 3.63) is 35.9 Å². The Bertz CT molecular complexity index is 384. The van der Waals surface area contributed by atoms with Gasteiger partial charge in [-0.2, -0.15) is 0 Å². The van der Waals surface area contributed by atoms with Crippen LogP contribution in [0.3, 0.4) is 0 Å². The molecule has 1 heterocycles. The number of ether oxygens (including phenoxy) is 2. The number of hydrogen-bond acceptors (Lipinski definition) is 3. The first-order valence-electron chi connectivity index (χ1n) is 5.98. The number of esters is 1. The van der Waals surface area contributed by atoms with Gasteiger partial charge >= 0.3 is 5.97 Å². The van der Waals surface area contributed by atoms with Crippen LogP contribution in [0.2, 0.25) is 0 Å². The number of benzene rings is 1. The molecular formula is C14H18O3. The molecule has 1 fully saturated rings. The molecule has 0 aromatic heterocycles. The SMILES string of the molecule is CCC(CC1CO1)(C(=O)OC)c1ccccc1. The molecule has 0 amide bonds. The Morgan fingerprint density at radius 3 is 2.59 bits per heavy atom. The zero-order chi connectivity index (χ0) is 12.3. The van der Waals surface area contributed by atoms with Gasteiger partial charge in [0.1, 0.15) is 0 Å². The molecule has 3 nitrogen and oxygen atoms in total. The molecule has 1 aromatic rings. The Balaban J connectivity index is 2.36. The molecule has 2 unspecified atom stereocenters. The third kappa shape index (κ3) is 2.34. The molecule has 0 bridgehead atoms. The second-order valence-corrected chi connectivity index (χ2v) is 4.45. The molecule has 2 rings (SSSR count). The Kier molecular flexibility index (Phi) is 3.48. The summed E-state index contributed by atoms with van der Waals surface area (Å²) in [6.07, 6.45) is 1.64. The van der Waals surface area contributed by atoms with Crippen molar-refractivity contribution in [2.75, 3.05) is 13.7 Å². The van der Waals surface area contributed by atoms with E-state index in [-0.39, 0.29) is 12.1 Å². The molecule has 17 heavy (non-hydrogen) atoms. The van der Waals surface area contributed by atoms with Crippen LogP contribution in [0.4, 0.5) is 0 Å². The topological polar surface area (TPSA) is 38.8 Å². The molecular weight excluding hydrogens is 216 g/mol. The van der Waals surface area contributed by atoms with Crippen LogP contribution in [0.15, 0.2) is 30.3 Å². The third-order valence-electron chi connectivity index (χ3n) is 3.48. The first-order valence-corrected chi connectivity index (χ1v) is 5.98. The van der Waals surface area contributed by atoms with Gasteiger partial charge in [0.15, 0.2) is 0 Å². The molecule has 1 aliphatic rings. The quantitative estimate of drug-likeness (QED) is 0.579. The standard InChI is InChI=1S/C14H18O3/c1-3-14(13(15)16-2,9-12-10-17-12)11-7-5-4-6-8-11/h4-8,12H,3,9-10H2,1-2H3. The zero-order valence-electron chi connectivity index (χ0n) is 10.3. The fourth-order valence-electron chi connectivity index (χ4n) is 2.34. The third-order valence-corrected chi connectivity index (χ3v) is 3.48. The molecule has 1 aliphatic heterocycles. The van der Waals surface area contributed by atoms with Gasteiger partial charge in [-0.25, -0.2) is 0 Å². The summed E-state index contributed by atoms with van der Waals surface area (Å²) in [6.45, 7) is 2.78. The summed E-state index contributed by atoms with van der Waals surface area (Å²) in [6, 6.07) is 9.84. The maximum Gasteiger partial charge on any atom is 0.316 e. The van der Waals surface area contributed by atoms with Gasteiger partial charge in [-0.3, -0.25) is 4.79 Å². The van der Waals surface area contributed by atoms with Crippen LogP contribution < -0.4 is 0 Å². The summed E-state index contributed by atoms with van der Waals surface area (Å²) < 4.78 is 10.3. The molecule has 2 atom stereocenters. The first kappa shape index (κ1) is 12.1. The van der Waals surface area contributed by atoms with Crippen LogP contribution in [0.1, 0.15) is 25.3 Å². The number of epoxide rings is 1. The minimum atomic E-state index is -0.558.